The van der Waals surface area contributed by atoms with E-state index in [1.807, 2.05) is 0 Å². The van der Waals surface area contributed by atoms with Gasteiger partial charge in [-0.05, 0) is 30.5 Å². The van der Waals surface area contributed by atoms with Crippen molar-refractivity contribution < 1.29 is 13.9 Å². The van der Waals surface area contributed by atoms with Crippen molar-refractivity contribution in [3.05, 3.63) is 46.9 Å². The molecule has 6 nitrogen and oxygen atoms in total. The van der Waals surface area contributed by atoms with Gasteiger partial charge < -0.3 is 15.8 Å². The van der Waals surface area contributed by atoms with Gasteiger partial charge in [-0.25, -0.2) is 9.07 Å². The normalized spacial score (nSPS) is 19.5. The second-order valence-electron chi connectivity index (χ2n) is 5.67. The zero-order valence-electron chi connectivity index (χ0n) is 13.3. The van der Waals surface area contributed by atoms with Crippen LogP contribution in [0.1, 0.15) is 18.4 Å². The maximum Gasteiger partial charge on any atom is 0.254 e. The van der Waals surface area contributed by atoms with Crippen molar-refractivity contribution in [1.29, 1.82) is 0 Å². The monoisotopic (exact) mass is 388 g/mol. The lowest BCUT2D eigenvalue weighted by molar-refractivity contribution is -0.126. The first kappa shape index (κ1) is 19.7. The van der Waals surface area contributed by atoms with Gasteiger partial charge in [-0.3, -0.25) is 4.79 Å². The minimum Gasteiger partial charge on any atom is -0.364 e. The summed E-state index contributed by atoms with van der Waals surface area (Å²) in [6, 6.07) is 6.24. The second kappa shape index (κ2) is 8.62. The number of nitrogens with two attached hydrogens (primary N) is 1. The Morgan fingerprint density at radius 1 is 1.44 bits per heavy atom. The SMILES string of the molecule is Cl.NC[C@H]1CC[C@@H](C(=O)Nc2ccnn2Cc2ccc(Cl)c(F)c2)O1. The van der Waals surface area contributed by atoms with Gasteiger partial charge in [0.2, 0.25) is 0 Å². The summed E-state index contributed by atoms with van der Waals surface area (Å²) in [7, 11) is 0. The van der Waals surface area contributed by atoms with Crippen LogP contribution in [0.5, 0.6) is 0 Å². The number of hydrogen-bond donors (Lipinski definition) is 2. The van der Waals surface area contributed by atoms with E-state index in [4.69, 9.17) is 22.1 Å². The maximum atomic E-state index is 13.5. The molecule has 3 N–H and O–H groups in total. The number of aromatic nitrogens is 2. The summed E-state index contributed by atoms with van der Waals surface area (Å²) in [5.74, 6) is -0.191. The van der Waals surface area contributed by atoms with Crippen LogP contribution < -0.4 is 11.1 Å². The fourth-order valence-corrected chi connectivity index (χ4v) is 2.77. The molecule has 1 aliphatic heterocycles. The highest BCUT2D eigenvalue weighted by Gasteiger charge is 2.30. The van der Waals surface area contributed by atoms with Gasteiger partial charge in [0, 0.05) is 12.6 Å². The molecule has 1 fully saturated rings. The molecule has 0 bridgehead atoms. The van der Waals surface area contributed by atoms with Crippen LogP contribution in [0.4, 0.5) is 10.2 Å². The first-order valence-corrected chi connectivity index (χ1v) is 8.06. The van der Waals surface area contributed by atoms with Gasteiger partial charge in [0.15, 0.2) is 0 Å². The summed E-state index contributed by atoms with van der Waals surface area (Å²) in [5.41, 5.74) is 6.25. The molecular formula is C16H19Cl2FN4O2. The molecule has 1 saturated heterocycles. The Morgan fingerprint density at radius 2 is 2.24 bits per heavy atom. The lowest BCUT2D eigenvalue weighted by Crippen LogP contribution is -2.30. The molecule has 3 rings (SSSR count). The van der Waals surface area contributed by atoms with Crippen molar-refractivity contribution in [3.8, 4) is 0 Å². The molecule has 0 saturated carbocycles. The number of halogens is 3. The van der Waals surface area contributed by atoms with Crippen LogP contribution in [0.3, 0.4) is 0 Å². The molecule has 9 heteroatoms. The molecule has 0 spiro atoms. The van der Waals surface area contributed by atoms with E-state index in [1.54, 1.807) is 23.0 Å². The molecule has 2 atom stereocenters. The van der Waals surface area contributed by atoms with Gasteiger partial charge in [-0.1, -0.05) is 17.7 Å². The number of anilines is 1. The zero-order valence-corrected chi connectivity index (χ0v) is 14.9. The van der Waals surface area contributed by atoms with E-state index in [1.165, 1.54) is 12.1 Å². The molecule has 1 aliphatic rings. The number of carbonyl (C=O) groups excluding carboxylic acids is 1. The molecule has 1 aromatic carbocycles. The predicted octanol–water partition coefficient (Wildman–Crippen LogP) is 2.59. The van der Waals surface area contributed by atoms with Gasteiger partial charge >= 0.3 is 0 Å². The van der Waals surface area contributed by atoms with Crippen LogP contribution in [0.25, 0.3) is 0 Å². The quantitative estimate of drug-likeness (QED) is 0.824. The molecule has 0 radical (unpaired) electrons. The van der Waals surface area contributed by atoms with Gasteiger partial charge in [0.1, 0.15) is 17.7 Å². The summed E-state index contributed by atoms with van der Waals surface area (Å²) in [6.07, 6.45) is 2.42. The van der Waals surface area contributed by atoms with E-state index in [9.17, 15) is 9.18 Å². The lowest BCUT2D eigenvalue weighted by atomic mass is 10.2. The predicted molar refractivity (Wildman–Crippen MR) is 95.6 cm³/mol. The first-order chi connectivity index (χ1) is 11.6. The van der Waals surface area contributed by atoms with Crippen LogP contribution in [-0.2, 0) is 16.1 Å². The van der Waals surface area contributed by atoms with Crippen molar-refractivity contribution >= 4 is 35.7 Å². The van der Waals surface area contributed by atoms with Crippen LogP contribution in [0.2, 0.25) is 5.02 Å². The second-order valence-corrected chi connectivity index (χ2v) is 6.08. The third-order valence-electron chi connectivity index (χ3n) is 3.95. The average Bonchev–Trinajstić information content (AvgIpc) is 3.20. The van der Waals surface area contributed by atoms with Crippen molar-refractivity contribution in [2.24, 2.45) is 5.73 Å². The Balaban J connectivity index is 0.00000225. The van der Waals surface area contributed by atoms with E-state index >= 15 is 0 Å². The van der Waals surface area contributed by atoms with E-state index in [2.05, 4.69) is 10.4 Å². The van der Waals surface area contributed by atoms with E-state index in [-0.39, 0.29) is 29.4 Å². The molecule has 0 unspecified atom stereocenters. The van der Waals surface area contributed by atoms with Crippen molar-refractivity contribution in [2.45, 2.75) is 31.6 Å². The van der Waals surface area contributed by atoms with Crippen LogP contribution in [0, 0.1) is 5.82 Å². The van der Waals surface area contributed by atoms with Crippen molar-refractivity contribution in [3.63, 3.8) is 0 Å². The van der Waals surface area contributed by atoms with E-state index in [0.29, 0.717) is 30.9 Å². The Kier molecular flexibility index (Phi) is 6.78. The number of benzene rings is 1. The van der Waals surface area contributed by atoms with Crippen LogP contribution >= 0.6 is 24.0 Å². The number of ether oxygens (including phenoxy) is 1. The Morgan fingerprint density at radius 3 is 2.92 bits per heavy atom. The standard InChI is InChI=1S/C16H18ClFN4O2.ClH/c17-12-3-1-10(7-13(12)18)9-22-15(5-6-20-22)21-16(23)14-4-2-11(8-19)24-14;/h1,3,5-7,11,14H,2,4,8-9,19H2,(H,21,23);1H/t11-,14+;/m1./s1. The number of rotatable bonds is 5. The van der Waals surface area contributed by atoms with Crippen LogP contribution in [0.15, 0.2) is 30.5 Å². The Labute approximate surface area is 155 Å². The van der Waals surface area contributed by atoms with Crippen molar-refractivity contribution in [2.75, 3.05) is 11.9 Å². The summed E-state index contributed by atoms with van der Waals surface area (Å²) in [4.78, 5) is 12.3. The molecule has 136 valence electrons. The van der Waals surface area contributed by atoms with E-state index in [0.717, 1.165) is 6.42 Å². The highest BCUT2D eigenvalue weighted by atomic mass is 35.5. The third-order valence-corrected chi connectivity index (χ3v) is 4.25. The molecule has 1 aromatic heterocycles. The third kappa shape index (κ3) is 4.70. The zero-order chi connectivity index (χ0) is 17.1. The molecule has 25 heavy (non-hydrogen) atoms. The molecule has 1 amide bonds. The average molecular weight is 389 g/mol. The van der Waals surface area contributed by atoms with Gasteiger partial charge in [0.25, 0.3) is 5.91 Å². The van der Waals surface area contributed by atoms with Gasteiger partial charge in [-0.2, -0.15) is 5.10 Å². The summed E-state index contributed by atoms with van der Waals surface area (Å²) in [5, 5.41) is 7.03. The highest BCUT2D eigenvalue weighted by Crippen LogP contribution is 2.21. The Bertz CT molecular complexity index is 741. The largest absolute Gasteiger partial charge is 0.364 e. The molecular weight excluding hydrogens is 370 g/mol. The molecule has 2 aromatic rings. The molecule has 0 aliphatic carbocycles. The van der Waals surface area contributed by atoms with Gasteiger partial charge in [0.05, 0.1) is 23.9 Å². The number of hydrogen-bond acceptors (Lipinski definition) is 4. The summed E-state index contributed by atoms with van der Waals surface area (Å²) in [6.45, 7) is 0.720. The smallest absolute Gasteiger partial charge is 0.254 e. The first-order valence-electron chi connectivity index (χ1n) is 7.69. The minimum absolute atomic E-state index is 0. The number of nitrogens with one attached hydrogen (secondary N) is 1. The fraction of sp³-hybridized carbons (Fsp3) is 0.375. The fourth-order valence-electron chi connectivity index (χ4n) is 2.65. The summed E-state index contributed by atoms with van der Waals surface area (Å²) >= 11 is 5.68. The van der Waals surface area contributed by atoms with Gasteiger partial charge in [-0.15, -0.1) is 12.4 Å². The maximum absolute atomic E-state index is 13.5. The van der Waals surface area contributed by atoms with E-state index < -0.39 is 11.9 Å². The van der Waals surface area contributed by atoms with Crippen molar-refractivity contribution in [1.82, 2.24) is 9.78 Å². The van der Waals surface area contributed by atoms with Crippen LogP contribution in [-0.4, -0.2) is 34.4 Å². The number of amides is 1. The Hall–Kier alpha value is -1.67. The highest BCUT2D eigenvalue weighted by molar-refractivity contribution is 6.30. The topological polar surface area (TPSA) is 82.2 Å². The minimum atomic E-state index is -0.505. The summed E-state index contributed by atoms with van der Waals surface area (Å²) < 4.78 is 20.7. The number of nitrogens with zero attached hydrogens (tertiary/aromatic N) is 2. The number of carbonyl (C=O) groups is 1. The molecule has 2 heterocycles. The lowest BCUT2D eigenvalue weighted by Gasteiger charge is -2.14.